The van der Waals surface area contributed by atoms with E-state index in [0.29, 0.717) is 0 Å². The molecule has 5 nitrogen and oxygen atoms in total. The van der Waals surface area contributed by atoms with Crippen LogP contribution in [0, 0.1) is 23.7 Å². The van der Waals surface area contributed by atoms with Crippen LogP contribution in [-0.2, 0) is 25.8 Å². The molecule has 3 heterocycles. The van der Waals surface area contributed by atoms with Crippen molar-refractivity contribution >= 4 is 81.4 Å². The Morgan fingerprint density at radius 2 is 1.35 bits per heavy atom. The molecule has 1 aromatic carbocycles. The molecular formula is C20H13Cl6NO4. The van der Waals surface area contributed by atoms with Crippen molar-refractivity contribution in [3.8, 4) is 0 Å². The summed E-state index contributed by atoms with van der Waals surface area (Å²) < 4.78 is 4.37. The van der Waals surface area contributed by atoms with Gasteiger partial charge in [-0.15, -0.1) is 23.2 Å². The van der Waals surface area contributed by atoms with E-state index in [0.717, 1.165) is 10.6 Å². The lowest BCUT2D eigenvalue weighted by atomic mass is 9.65. The van der Waals surface area contributed by atoms with Gasteiger partial charge in [-0.1, -0.05) is 76.7 Å². The quantitative estimate of drug-likeness (QED) is 0.414. The predicted octanol–water partition coefficient (Wildman–Crippen LogP) is 4.58. The Morgan fingerprint density at radius 3 is 1.84 bits per heavy atom. The maximum Gasteiger partial charge on any atom is 0.260 e. The number of hydrogen-bond donors (Lipinski definition) is 0. The summed E-state index contributed by atoms with van der Waals surface area (Å²) in [5.74, 6) is -3.70. The van der Waals surface area contributed by atoms with Gasteiger partial charge in [0, 0.05) is 11.8 Å². The molecule has 0 spiro atoms. The average Bonchev–Trinajstić information content (AvgIpc) is 3.44. The minimum absolute atomic E-state index is 0.0544. The van der Waals surface area contributed by atoms with E-state index in [1.54, 1.807) is 0 Å². The molecule has 4 bridgehead atoms. The average molecular weight is 544 g/mol. The van der Waals surface area contributed by atoms with E-state index < -0.39 is 61.8 Å². The topological polar surface area (TPSA) is 55.8 Å². The summed E-state index contributed by atoms with van der Waals surface area (Å²) in [6.45, 7) is 0.0748. The number of carbonyl (C=O) groups is 2. The number of fused-ring (bicyclic) bond motifs is 12. The molecule has 5 aliphatic rings. The summed E-state index contributed by atoms with van der Waals surface area (Å²) in [7, 11) is 0. The maximum atomic E-state index is 13.2. The van der Waals surface area contributed by atoms with Crippen LogP contribution in [0.5, 0.6) is 0 Å². The number of nitrogens with zero attached hydrogens (tertiary/aromatic N) is 1. The van der Waals surface area contributed by atoms with Gasteiger partial charge in [0.25, 0.3) is 11.8 Å². The molecule has 0 unspecified atom stereocenters. The number of rotatable bonds is 3. The van der Waals surface area contributed by atoms with E-state index in [1.807, 2.05) is 30.3 Å². The fourth-order valence-corrected chi connectivity index (χ4v) is 9.17. The second-order valence-electron chi connectivity index (χ2n) is 8.52. The van der Waals surface area contributed by atoms with Crippen LogP contribution in [0.15, 0.2) is 40.4 Å². The van der Waals surface area contributed by atoms with Crippen LogP contribution in [0.4, 0.5) is 0 Å². The molecule has 8 atom stereocenters. The molecule has 11 heteroatoms. The van der Waals surface area contributed by atoms with Crippen molar-refractivity contribution < 1.29 is 19.2 Å². The zero-order valence-corrected chi connectivity index (χ0v) is 19.9. The maximum absolute atomic E-state index is 13.2. The zero-order chi connectivity index (χ0) is 22.1. The summed E-state index contributed by atoms with van der Waals surface area (Å²) in [5.41, 5.74) is 0.825. The fourth-order valence-electron chi connectivity index (χ4n) is 6.11. The Bertz CT molecular complexity index is 1010. The van der Waals surface area contributed by atoms with Crippen molar-refractivity contribution in [1.29, 1.82) is 0 Å². The van der Waals surface area contributed by atoms with E-state index >= 15 is 0 Å². The lowest BCUT2D eigenvalue weighted by Gasteiger charge is -2.39. The molecule has 164 valence electrons. The fraction of sp³-hybridized carbons (Fsp3) is 0.500. The first kappa shape index (κ1) is 21.3. The van der Waals surface area contributed by atoms with Crippen LogP contribution in [-0.4, -0.2) is 43.2 Å². The number of alkyl halides is 4. The van der Waals surface area contributed by atoms with Gasteiger partial charge in [-0.2, -0.15) is 5.06 Å². The van der Waals surface area contributed by atoms with Gasteiger partial charge in [-0.25, -0.2) is 0 Å². The molecule has 6 rings (SSSR count). The number of hydroxylamine groups is 2. The van der Waals surface area contributed by atoms with Crippen LogP contribution in [0.3, 0.4) is 0 Å². The van der Waals surface area contributed by atoms with Crippen molar-refractivity contribution in [3.63, 3.8) is 0 Å². The van der Waals surface area contributed by atoms with Crippen molar-refractivity contribution in [2.75, 3.05) is 0 Å². The predicted molar refractivity (Wildman–Crippen MR) is 116 cm³/mol. The van der Waals surface area contributed by atoms with E-state index in [-0.39, 0.29) is 16.7 Å². The number of allylic oxidation sites excluding steroid dienone is 2. The minimum Gasteiger partial charge on any atom is -0.373 e. The number of amides is 2. The molecular weight excluding hydrogens is 531 g/mol. The molecule has 2 aliphatic carbocycles. The van der Waals surface area contributed by atoms with Crippen molar-refractivity contribution in [2.45, 2.75) is 32.9 Å². The zero-order valence-electron chi connectivity index (χ0n) is 15.4. The molecule has 1 saturated carbocycles. The number of ether oxygens (including phenoxy) is 1. The third kappa shape index (κ3) is 2.17. The van der Waals surface area contributed by atoms with E-state index in [1.165, 1.54) is 0 Å². The molecule has 0 N–H and O–H groups in total. The Balaban J connectivity index is 1.35. The van der Waals surface area contributed by atoms with E-state index in [9.17, 15) is 9.59 Å². The first-order chi connectivity index (χ1) is 14.6. The molecule has 0 radical (unpaired) electrons. The van der Waals surface area contributed by atoms with E-state index in [2.05, 4.69) is 0 Å². The van der Waals surface area contributed by atoms with Crippen molar-refractivity contribution in [3.05, 3.63) is 46.0 Å². The summed E-state index contributed by atoms with van der Waals surface area (Å²) in [6, 6.07) is 9.23. The van der Waals surface area contributed by atoms with Crippen LogP contribution >= 0.6 is 69.6 Å². The summed E-state index contributed by atoms with van der Waals surface area (Å²) >= 11 is 40.1. The number of halogens is 6. The standard InChI is InChI=1S/C20H13Cl6NO4/c21-14-15(22)19(24)11-10(18(14,23)20(19,25)26)12-8-9(13(11)31-12)17(29)27(16(8)28)30-6-7-4-2-1-3-5-7/h1-5,8-13H,6H2/t8-,9-,10+,11+,12-,13-,18+,19+/m1/s1. The van der Waals surface area contributed by atoms with Crippen molar-refractivity contribution in [1.82, 2.24) is 5.06 Å². The first-order valence-electron chi connectivity index (χ1n) is 9.60. The van der Waals surface area contributed by atoms with Gasteiger partial charge in [0.05, 0.1) is 34.1 Å². The molecule has 2 amide bonds. The molecule has 3 saturated heterocycles. The highest BCUT2D eigenvalue weighted by Gasteiger charge is 2.90. The van der Waals surface area contributed by atoms with E-state index in [4.69, 9.17) is 79.2 Å². The third-order valence-electron chi connectivity index (χ3n) is 7.34. The summed E-state index contributed by atoms with van der Waals surface area (Å²) in [4.78, 5) is 28.9. The Hall–Kier alpha value is -0.240. The summed E-state index contributed by atoms with van der Waals surface area (Å²) in [6.07, 6.45) is -1.48. The molecule has 31 heavy (non-hydrogen) atoms. The highest BCUT2D eigenvalue weighted by Crippen LogP contribution is 2.81. The second kappa shape index (κ2) is 6.45. The number of benzene rings is 1. The van der Waals surface area contributed by atoms with Gasteiger partial charge >= 0.3 is 0 Å². The highest BCUT2D eigenvalue weighted by atomic mass is 35.5. The SMILES string of the molecule is O=C1[C@H]2[C@H]3O[C@H]([C@@H]2C(=O)N1OCc1ccccc1)[C@@H]1[C@@H]3[C@]2(Cl)C(Cl)=C(Cl)[C@]1(Cl)C2(Cl)Cl. The number of hydrogen-bond acceptors (Lipinski definition) is 4. The Labute approximate surface area is 207 Å². The normalized spacial score (nSPS) is 46.3. The van der Waals surface area contributed by atoms with Crippen LogP contribution in [0.2, 0.25) is 0 Å². The number of carbonyl (C=O) groups excluding carboxylic acids is 2. The minimum atomic E-state index is -1.74. The smallest absolute Gasteiger partial charge is 0.260 e. The lowest BCUT2D eigenvalue weighted by Crippen LogP contribution is -2.50. The van der Waals surface area contributed by atoms with Crippen LogP contribution < -0.4 is 0 Å². The van der Waals surface area contributed by atoms with Gasteiger partial charge in [-0.3, -0.25) is 14.4 Å². The molecule has 0 aromatic heterocycles. The summed E-state index contributed by atoms with van der Waals surface area (Å²) in [5, 5.41) is 0.943. The third-order valence-corrected chi connectivity index (χ3v) is 11.6. The van der Waals surface area contributed by atoms with Gasteiger partial charge in [0.2, 0.25) is 0 Å². The monoisotopic (exact) mass is 541 g/mol. The Morgan fingerprint density at radius 1 is 0.871 bits per heavy atom. The first-order valence-corrected chi connectivity index (χ1v) is 11.9. The van der Waals surface area contributed by atoms with Gasteiger partial charge in [0.1, 0.15) is 16.4 Å². The molecule has 4 fully saturated rings. The number of imide groups is 1. The van der Waals surface area contributed by atoms with Gasteiger partial charge in [-0.05, 0) is 5.56 Å². The van der Waals surface area contributed by atoms with Gasteiger partial charge in [0.15, 0.2) is 4.33 Å². The molecule has 1 aromatic rings. The lowest BCUT2D eigenvalue weighted by molar-refractivity contribution is -0.196. The van der Waals surface area contributed by atoms with Crippen LogP contribution in [0.1, 0.15) is 5.56 Å². The van der Waals surface area contributed by atoms with Crippen molar-refractivity contribution in [2.24, 2.45) is 23.7 Å². The second-order valence-corrected chi connectivity index (χ2v) is 11.8. The molecule has 3 aliphatic heterocycles. The van der Waals surface area contributed by atoms with Crippen LogP contribution in [0.25, 0.3) is 0 Å². The largest absolute Gasteiger partial charge is 0.373 e. The highest BCUT2D eigenvalue weighted by molar-refractivity contribution is 6.65. The Kier molecular flexibility index (Phi) is 4.43. The van der Waals surface area contributed by atoms with Gasteiger partial charge < -0.3 is 4.74 Å².